The van der Waals surface area contributed by atoms with Crippen LogP contribution in [-0.4, -0.2) is 30.9 Å². The number of carbonyl (C=O) groups is 2. The van der Waals surface area contributed by atoms with Crippen LogP contribution in [0.25, 0.3) is 0 Å². The number of hydrogen-bond donors (Lipinski definition) is 0. The van der Waals surface area contributed by atoms with Crippen LogP contribution in [0.3, 0.4) is 0 Å². The minimum atomic E-state index is -0.631. The number of rotatable bonds is 5. The molecule has 0 aromatic heterocycles. The van der Waals surface area contributed by atoms with Crippen molar-refractivity contribution >= 4 is 11.9 Å². The molecule has 1 aliphatic heterocycles. The maximum absolute atomic E-state index is 12.1. The van der Waals surface area contributed by atoms with E-state index in [0.29, 0.717) is 17.5 Å². The zero-order valence-electron chi connectivity index (χ0n) is 14.0. The molecule has 5 heteroatoms. The first kappa shape index (κ1) is 17.2. The van der Waals surface area contributed by atoms with Gasteiger partial charge in [0.1, 0.15) is 6.61 Å². The third kappa shape index (κ3) is 4.45. The lowest BCUT2D eigenvalue weighted by molar-refractivity contribution is -0.123. The third-order valence-electron chi connectivity index (χ3n) is 4.07. The first-order valence-electron chi connectivity index (χ1n) is 8.27. The van der Waals surface area contributed by atoms with Gasteiger partial charge in [0.15, 0.2) is 0 Å². The largest absolute Gasteiger partial charge is 0.459 e. The van der Waals surface area contributed by atoms with E-state index >= 15 is 0 Å². The Morgan fingerprint density at radius 2 is 1.52 bits per heavy atom. The summed E-state index contributed by atoms with van der Waals surface area (Å²) in [6, 6.07) is 17.6. The summed E-state index contributed by atoms with van der Waals surface area (Å²) in [7, 11) is 0. The molecule has 0 radical (unpaired) electrons. The third-order valence-corrected chi connectivity index (χ3v) is 4.07. The van der Waals surface area contributed by atoms with Gasteiger partial charge >= 0.3 is 11.9 Å². The second-order valence-electron chi connectivity index (χ2n) is 6.08. The van der Waals surface area contributed by atoms with Gasteiger partial charge in [-0.05, 0) is 30.7 Å². The second kappa shape index (κ2) is 7.94. The van der Waals surface area contributed by atoms with E-state index in [-0.39, 0.29) is 24.6 Å². The van der Waals surface area contributed by atoms with Crippen molar-refractivity contribution in [2.45, 2.75) is 25.7 Å². The highest BCUT2D eigenvalue weighted by atomic mass is 16.7. The topological polar surface area (TPSA) is 61.8 Å². The quantitative estimate of drug-likeness (QED) is 0.780. The molecule has 0 aliphatic carbocycles. The van der Waals surface area contributed by atoms with Crippen molar-refractivity contribution in [2.24, 2.45) is 5.92 Å². The van der Waals surface area contributed by atoms with Crippen molar-refractivity contribution in [1.82, 2.24) is 0 Å². The lowest BCUT2D eigenvalue weighted by atomic mass is 10.1. The molecule has 0 N–H and O–H groups in total. The van der Waals surface area contributed by atoms with Crippen molar-refractivity contribution in [2.75, 3.05) is 6.61 Å². The van der Waals surface area contributed by atoms with Crippen LogP contribution in [0.5, 0.6) is 0 Å². The monoisotopic (exact) mass is 340 g/mol. The molecule has 3 rings (SSSR count). The first-order valence-corrected chi connectivity index (χ1v) is 8.27. The maximum atomic E-state index is 12.1. The van der Waals surface area contributed by atoms with E-state index in [1.807, 2.05) is 19.1 Å². The molecule has 1 heterocycles. The second-order valence-corrected chi connectivity index (χ2v) is 6.08. The molecule has 3 atom stereocenters. The number of ether oxygens (including phenoxy) is 3. The molecule has 0 amide bonds. The Bertz CT molecular complexity index is 713. The van der Waals surface area contributed by atoms with Gasteiger partial charge in [-0.1, -0.05) is 43.3 Å². The summed E-state index contributed by atoms with van der Waals surface area (Å²) in [5.74, 6) is -0.769. The molecule has 1 fully saturated rings. The lowest BCUT2D eigenvalue weighted by Gasteiger charge is -2.16. The van der Waals surface area contributed by atoms with Crippen LogP contribution in [0.4, 0.5) is 0 Å². The zero-order valence-corrected chi connectivity index (χ0v) is 14.0. The van der Waals surface area contributed by atoms with Crippen molar-refractivity contribution < 1.29 is 23.8 Å². The minimum absolute atomic E-state index is 0.0353. The van der Waals surface area contributed by atoms with Gasteiger partial charge in [-0.3, -0.25) is 0 Å². The molecule has 5 nitrogen and oxygen atoms in total. The fourth-order valence-corrected chi connectivity index (χ4v) is 2.73. The predicted octanol–water partition coefficient (Wildman–Crippen LogP) is 3.45. The summed E-state index contributed by atoms with van der Waals surface area (Å²) in [5.41, 5.74) is 0.984. The smallest absolute Gasteiger partial charge is 0.340 e. The van der Waals surface area contributed by atoms with E-state index in [1.165, 1.54) is 0 Å². The summed E-state index contributed by atoms with van der Waals surface area (Å²) in [5, 5.41) is 0. The van der Waals surface area contributed by atoms with Crippen molar-refractivity contribution in [1.29, 1.82) is 0 Å². The van der Waals surface area contributed by atoms with Crippen LogP contribution in [0.1, 0.15) is 34.1 Å². The van der Waals surface area contributed by atoms with E-state index < -0.39 is 12.3 Å². The number of carbonyl (C=O) groups excluding carboxylic acids is 2. The number of hydrogen-bond acceptors (Lipinski definition) is 5. The average Bonchev–Trinajstić information content (AvgIpc) is 3.00. The normalized spacial score (nSPS) is 22.4. The molecule has 0 saturated carbocycles. The summed E-state index contributed by atoms with van der Waals surface area (Å²) >= 11 is 0. The Labute approximate surface area is 146 Å². The molecule has 0 spiro atoms. The molecule has 2 aromatic rings. The Hall–Kier alpha value is -2.66. The van der Waals surface area contributed by atoms with Crippen LogP contribution >= 0.6 is 0 Å². The Balaban J connectivity index is 1.50. The van der Waals surface area contributed by atoms with E-state index in [0.717, 1.165) is 0 Å². The van der Waals surface area contributed by atoms with Gasteiger partial charge in [0, 0.05) is 5.92 Å². The van der Waals surface area contributed by atoms with Crippen molar-refractivity contribution in [3.8, 4) is 0 Å². The van der Waals surface area contributed by atoms with Gasteiger partial charge in [-0.15, -0.1) is 0 Å². The van der Waals surface area contributed by atoms with Crippen LogP contribution in [-0.2, 0) is 14.2 Å². The van der Waals surface area contributed by atoms with Gasteiger partial charge in [-0.25, -0.2) is 9.59 Å². The highest BCUT2D eigenvalue weighted by Gasteiger charge is 2.35. The molecule has 0 bridgehead atoms. The minimum Gasteiger partial charge on any atom is -0.459 e. The van der Waals surface area contributed by atoms with Gasteiger partial charge in [0.25, 0.3) is 0 Å². The standard InChI is InChI=1S/C20H20O5/c1-14-12-17(13-23-18(21)15-8-4-2-5-9-15)24-20(14)25-19(22)16-10-6-3-7-11-16/h2-11,14,17,20H,12-13H2,1H3/t14-,17-,20+/m0/s1. The van der Waals surface area contributed by atoms with Gasteiger partial charge < -0.3 is 14.2 Å². The summed E-state index contributed by atoms with van der Waals surface area (Å²) in [6.07, 6.45) is -0.251. The maximum Gasteiger partial charge on any atom is 0.340 e. The lowest BCUT2D eigenvalue weighted by Crippen LogP contribution is -2.24. The SMILES string of the molecule is C[C@H]1C[C@@H](COC(=O)c2ccccc2)O[C@@H]1OC(=O)c1ccccc1. The molecular weight excluding hydrogens is 320 g/mol. The van der Waals surface area contributed by atoms with Crippen LogP contribution in [0, 0.1) is 5.92 Å². The van der Waals surface area contributed by atoms with Crippen molar-refractivity contribution in [3.05, 3.63) is 71.8 Å². The first-order chi connectivity index (χ1) is 12.1. The van der Waals surface area contributed by atoms with Crippen LogP contribution in [0.2, 0.25) is 0 Å². The average molecular weight is 340 g/mol. The molecular formula is C20H20O5. The number of esters is 2. The van der Waals surface area contributed by atoms with Crippen LogP contribution in [0.15, 0.2) is 60.7 Å². The summed E-state index contributed by atoms with van der Waals surface area (Å²) < 4.78 is 16.5. The molecule has 25 heavy (non-hydrogen) atoms. The highest BCUT2D eigenvalue weighted by molar-refractivity contribution is 5.89. The molecule has 1 saturated heterocycles. The number of benzene rings is 2. The Morgan fingerprint density at radius 3 is 2.12 bits per heavy atom. The Morgan fingerprint density at radius 1 is 0.960 bits per heavy atom. The van der Waals surface area contributed by atoms with Gasteiger partial charge in [-0.2, -0.15) is 0 Å². The molecule has 130 valence electrons. The highest BCUT2D eigenvalue weighted by Crippen LogP contribution is 2.28. The molecule has 2 aromatic carbocycles. The summed E-state index contributed by atoms with van der Waals surface area (Å²) in [6.45, 7) is 2.08. The zero-order chi connectivity index (χ0) is 17.6. The van der Waals surface area contributed by atoms with E-state index in [4.69, 9.17) is 14.2 Å². The van der Waals surface area contributed by atoms with Crippen LogP contribution < -0.4 is 0 Å². The fraction of sp³-hybridized carbons (Fsp3) is 0.300. The Kier molecular flexibility index (Phi) is 5.46. The van der Waals surface area contributed by atoms with E-state index in [9.17, 15) is 9.59 Å². The predicted molar refractivity (Wildman–Crippen MR) is 91.0 cm³/mol. The van der Waals surface area contributed by atoms with Gasteiger partial charge in [0.05, 0.1) is 17.2 Å². The van der Waals surface area contributed by atoms with Crippen molar-refractivity contribution in [3.63, 3.8) is 0 Å². The molecule has 0 unspecified atom stereocenters. The van der Waals surface area contributed by atoms with Gasteiger partial charge in [0.2, 0.25) is 6.29 Å². The van der Waals surface area contributed by atoms with E-state index in [2.05, 4.69) is 0 Å². The fourth-order valence-electron chi connectivity index (χ4n) is 2.73. The van der Waals surface area contributed by atoms with E-state index in [1.54, 1.807) is 48.5 Å². The molecule has 1 aliphatic rings. The summed E-state index contributed by atoms with van der Waals surface area (Å²) in [4.78, 5) is 24.1.